The number of imide groups is 1. The molecule has 0 saturated carbocycles. The first-order valence-electron chi connectivity index (χ1n) is 9.87. The van der Waals surface area contributed by atoms with E-state index in [0.717, 1.165) is 12.8 Å². The van der Waals surface area contributed by atoms with Gasteiger partial charge in [-0.25, -0.2) is 5.48 Å². The third-order valence-corrected chi connectivity index (χ3v) is 4.49. The van der Waals surface area contributed by atoms with E-state index in [4.69, 9.17) is 5.21 Å². The molecule has 0 fully saturated rings. The van der Waals surface area contributed by atoms with Gasteiger partial charge in [-0.05, 0) is 49.2 Å². The monoisotopic (exact) mass is 427 g/mol. The van der Waals surface area contributed by atoms with Gasteiger partial charge in [-0.15, -0.1) is 0 Å². The van der Waals surface area contributed by atoms with Crippen molar-refractivity contribution in [1.29, 1.82) is 0 Å². The number of hydrogen-bond donors (Lipinski definition) is 5. The fourth-order valence-electron chi connectivity index (χ4n) is 2.82. The lowest BCUT2D eigenvalue weighted by molar-refractivity contribution is -0.129. The Hall–Kier alpha value is -3.72. The molecule has 9 nitrogen and oxygen atoms in total. The van der Waals surface area contributed by atoms with Crippen LogP contribution in [0.5, 0.6) is 5.75 Å². The second-order valence-corrected chi connectivity index (χ2v) is 6.88. The van der Waals surface area contributed by atoms with E-state index in [1.807, 2.05) is 0 Å². The first-order chi connectivity index (χ1) is 14.9. The van der Waals surface area contributed by atoms with Crippen LogP contribution in [0.15, 0.2) is 48.5 Å². The third-order valence-electron chi connectivity index (χ3n) is 4.49. The zero-order valence-electron chi connectivity index (χ0n) is 16.9. The second-order valence-electron chi connectivity index (χ2n) is 6.88. The zero-order chi connectivity index (χ0) is 22.6. The number of phenols is 1. The summed E-state index contributed by atoms with van der Waals surface area (Å²) in [7, 11) is 0. The highest BCUT2D eigenvalue weighted by Gasteiger charge is 2.15. The van der Waals surface area contributed by atoms with Crippen molar-refractivity contribution in [3.8, 4) is 5.75 Å². The summed E-state index contributed by atoms with van der Waals surface area (Å²) in [5.41, 5.74) is 2.32. The Bertz CT molecular complexity index is 927. The number of hydrogen-bond acceptors (Lipinski definition) is 6. The van der Waals surface area contributed by atoms with Crippen LogP contribution in [-0.2, 0) is 9.59 Å². The lowest BCUT2D eigenvalue weighted by Gasteiger charge is -2.08. The Kier molecular flexibility index (Phi) is 9.18. The summed E-state index contributed by atoms with van der Waals surface area (Å²) in [6.45, 7) is 0. The SMILES string of the molecule is O=C(CCCCCCC(=O)Nc1ccc(C(=O)NC(=O)c2ccccc2O)cc1)NO. The molecule has 0 aliphatic carbocycles. The lowest BCUT2D eigenvalue weighted by Crippen LogP contribution is -2.30. The molecule has 2 aromatic carbocycles. The number of rotatable bonds is 10. The van der Waals surface area contributed by atoms with E-state index in [1.54, 1.807) is 29.7 Å². The van der Waals surface area contributed by atoms with E-state index in [1.165, 1.54) is 24.3 Å². The molecule has 9 heteroatoms. The van der Waals surface area contributed by atoms with Gasteiger partial charge in [0.25, 0.3) is 11.8 Å². The maximum absolute atomic E-state index is 12.2. The zero-order valence-corrected chi connectivity index (χ0v) is 16.9. The van der Waals surface area contributed by atoms with Crippen molar-refractivity contribution in [2.24, 2.45) is 0 Å². The van der Waals surface area contributed by atoms with Gasteiger partial charge < -0.3 is 10.4 Å². The maximum atomic E-state index is 12.2. The lowest BCUT2D eigenvalue weighted by atomic mass is 10.1. The minimum atomic E-state index is -0.711. The number of unbranched alkanes of at least 4 members (excludes halogenated alkanes) is 3. The van der Waals surface area contributed by atoms with Gasteiger partial charge in [-0.2, -0.15) is 0 Å². The highest BCUT2D eigenvalue weighted by atomic mass is 16.5. The summed E-state index contributed by atoms with van der Waals surface area (Å²) < 4.78 is 0. The molecule has 0 aromatic heterocycles. The highest BCUT2D eigenvalue weighted by Crippen LogP contribution is 2.16. The standard InChI is InChI=1S/C22H25N3O6/c26-18-8-6-5-7-17(18)22(30)24-21(29)15-11-13-16(14-12-15)23-19(27)9-3-1-2-4-10-20(28)25-31/h5-8,11-14,26,31H,1-4,9-10H2,(H,23,27)(H,25,28)(H,24,29,30). The number of carbonyl (C=O) groups excluding carboxylic acids is 4. The van der Waals surface area contributed by atoms with Crippen LogP contribution in [-0.4, -0.2) is 33.9 Å². The number of phenolic OH excluding ortho intramolecular Hbond substituents is 1. The molecule has 0 aliphatic heterocycles. The average Bonchev–Trinajstić information content (AvgIpc) is 2.76. The second kappa shape index (κ2) is 12.1. The van der Waals surface area contributed by atoms with E-state index < -0.39 is 17.7 Å². The van der Waals surface area contributed by atoms with Gasteiger partial charge in [0, 0.05) is 24.1 Å². The number of carbonyl (C=O) groups is 4. The fraction of sp³-hybridized carbons (Fsp3) is 0.273. The number of para-hydroxylation sites is 1. The molecule has 4 amide bonds. The van der Waals surface area contributed by atoms with E-state index in [2.05, 4.69) is 10.6 Å². The number of amides is 4. The molecule has 31 heavy (non-hydrogen) atoms. The summed E-state index contributed by atoms with van der Waals surface area (Å²) in [6.07, 6.45) is 3.45. The van der Waals surface area contributed by atoms with E-state index in [-0.39, 0.29) is 29.2 Å². The smallest absolute Gasteiger partial charge is 0.261 e. The molecule has 0 atom stereocenters. The molecule has 0 heterocycles. The van der Waals surface area contributed by atoms with E-state index in [0.29, 0.717) is 24.9 Å². The molecule has 2 rings (SSSR count). The summed E-state index contributed by atoms with van der Waals surface area (Å²) in [5.74, 6) is -2.14. The van der Waals surface area contributed by atoms with Crippen molar-refractivity contribution in [1.82, 2.24) is 10.8 Å². The average molecular weight is 427 g/mol. The predicted molar refractivity (Wildman–Crippen MR) is 113 cm³/mol. The largest absolute Gasteiger partial charge is 0.507 e. The van der Waals surface area contributed by atoms with Crippen molar-refractivity contribution >= 4 is 29.3 Å². The Morgan fingerprint density at radius 2 is 1.35 bits per heavy atom. The van der Waals surface area contributed by atoms with Crippen LogP contribution in [0.4, 0.5) is 5.69 Å². The molecule has 5 N–H and O–H groups in total. The quantitative estimate of drug-likeness (QED) is 0.171. The molecular weight excluding hydrogens is 402 g/mol. The van der Waals surface area contributed by atoms with Crippen LogP contribution in [0.3, 0.4) is 0 Å². The summed E-state index contributed by atoms with van der Waals surface area (Å²) in [6, 6.07) is 12.0. The topological polar surface area (TPSA) is 145 Å². The molecule has 0 radical (unpaired) electrons. The van der Waals surface area contributed by atoms with E-state index in [9.17, 15) is 24.3 Å². The summed E-state index contributed by atoms with van der Waals surface area (Å²) >= 11 is 0. The van der Waals surface area contributed by atoms with Gasteiger partial charge in [-0.3, -0.25) is 29.7 Å². The van der Waals surface area contributed by atoms with Crippen LogP contribution < -0.4 is 16.1 Å². The van der Waals surface area contributed by atoms with Gasteiger partial charge in [0.05, 0.1) is 5.56 Å². The summed E-state index contributed by atoms with van der Waals surface area (Å²) in [5, 5.41) is 23.0. The number of aromatic hydroxyl groups is 1. The Labute approximate surface area is 179 Å². The molecule has 0 spiro atoms. The van der Waals surface area contributed by atoms with Gasteiger partial charge in [0.1, 0.15) is 5.75 Å². The molecule has 0 bridgehead atoms. The van der Waals surface area contributed by atoms with Crippen molar-refractivity contribution in [3.63, 3.8) is 0 Å². The summed E-state index contributed by atoms with van der Waals surface area (Å²) in [4.78, 5) is 47.2. The molecule has 2 aromatic rings. The van der Waals surface area contributed by atoms with Crippen LogP contribution in [0, 0.1) is 0 Å². The fourth-order valence-corrected chi connectivity index (χ4v) is 2.82. The minimum absolute atomic E-state index is 0.00334. The van der Waals surface area contributed by atoms with Crippen molar-refractivity contribution in [3.05, 3.63) is 59.7 Å². The Morgan fingerprint density at radius 1 is 0.742 bits per heavy atom. The maximum Gasteiger partial charge on any atom is 0.261 e. The number of anilines is 1. The first kappa shape index (κ1) is 23.6. The van der Waals surface area contributed by atoms with Gasteiger partial charge in [-0.1, -0.05) is 25.0 Å². The predicted octanol–water partition coefficient (Wildman–Crippen LogP) is 2.75. The molecular formula is C22H25N3O6. The van der Waals surface area contributed by atoms with Gasteiger partial charge >= 0.3 is 0 Å². The number of benzene rings is 2. The number of nitrogens with one attached hydrogen (secondary N) is 3. The van der Waals surface area contributed by atoms with Gasteiger partial charge in [0.15, 0.2) is 0 Å². The Balaban J connectivity index is 1.75. The van der Waals surface area contributed by atoms with Crippen LogP contribution in [0.1, 0.15) is 59.2 Å². The number of hydroxylamine groups is 1. The minimum Gasteiger partial charge on any atom is -0.507 e. The van der Waals surface area contributed by atoms with Crippen LogP contribution in [0.2, 0.25) is 0 Å². The molecule has 164 valence electrons. The third kappa shape index (κ3) is 7.90. The highest BCUT2D eigenvalue weighted by molar-refractivity contribution is 6.11. The van der Waals surface area contributed by atoms with Gasteiger partial charge in [0.2, 0.25) is 11.8 Å². The Morgan fingerprint density at radius 3 is 1.97 bits per heavy atom. The van der Waals surface area contributed by atoms with Crippen molar-refractivity contribution in [2.75, 3.05) is 5.32 Å². The van der Waals surface area contributed by atoms with Crippen molar-refractivity contribution in [2.45, 2.75) is 38.5 Å². The normalized spacial score (nSPS) is 10.2. The van der Waals surface area contributed by atoms with E-state index >= 15 is 0 Å². The molecule has 0 aliphatic rings. The van der Waals surface area contributed by atoms with Crippen LogP contribution >= 0.6 is 0 Å². The van der Waals surface area contributed by atoms with Crippen molar-refractivity contribution < 1.29 is 29.5 Å². The first-order valence-corrected chi connectivity index (χ1v) is 9.87. The van der Waals surface area contributed by atoms with Crippen LogP contribution in [0.25, 0.3) is 0 Å². The molecule has 0 unspecified atom stereocenters. The molecule has 0 saturated heterocycles.